The summed E-state index contributed by atoms with van der Waals surface area (Å²) in [6.45, 7) is 9.89. The first-order chi connectivity index (χ1) is 32.4. The van der Waals surface area contributed by atoms with Crippen LogP contribution in [0.25, 0.3) is 0 Å². The minimum atomic E-state index is -1.49. The van der Waals surface area contributed by atoms with Gasteiger partial charge in [0, 0.05) is 32.2 Å². The Bertz CT molecular complexity index is 1530. The van der Waals surface area contributed by atoms with Gasteiger partial charge in [0.15, 0.2) is 0 Å². The summed E-state index contributed by atoms with van der Waals surface area (Å²) in [7, 11) is 0. The Morgan fingerprint density at radius 2 is 0.970 bits per heavy atom. The Hall–Kier alpha value is -3.94. The summed E-state index contributed by atoms with van der Waals surface area (Å²) in [5.74, 6) is -0.316. The molecule has 2 unspecified atom stereocenters. The van der Waals surface area contributed by atoms with Crippen molar-refractivity contribution in [3.63, 3.8) is 0 Å². The number of nitrogens with zero attached hydrogens (tertiary/aromatic N) is 1. The van der Waals surface area contributed by atoms with E-state index in [2.05, 4.69) is 44.7 Å². The van der Waals surface area contributed by atoms with Crippen LogP contribution in [0.4, 0.5) is 4.79 Å². The quantitative estimate of drug-likeness (QED) is 0.0248. The third-order valence-corrected chi connectivity index (χ3v) is 14.7. The van der Waals surface area contributed by atoms with Gasteiger partial charge in [-0.2, -0.15) is 0 Å². The molecule has 0 N–H and O–H groups in total. The van der Waals surface area contributed by atoms with E-state index in [1.54, 1.807) is 0 Å². The van der Waals surface area contributed by atoms with Crippen molar-refractivity contribution in [2.75, 3.05) is 65.9 Å². The van der Waals surface area contributed by atoms with Crippen molar-refractivity contribution in [1.29, 1.82) is 0 Å². The Balaban J connectivity index is 1.34. The van der Waals surface area contributed by atoms with Crippen LogP contribution in [-0.4, -0.2) is 107 Å². The van der Waals surface area contributed by atoms with E-state index >= 15 is 0 Å². The Morgan fingerprint density at radius 1 is 0.507 bits per heavy atom. The standard InChI is InChI=1S/C53H85NO13/c1-5-9-11-13-15-17-19-29-61-45(55)24-21-26-47(57)64-38-52(41-67-50(60)63-31-23-28-54(7-3)8-4,39-65-48(58)27-22-25-46(56)62-30-20-18-16-14-12-10-6-2)40-66-49(59)36-51-34-43-32-42-33-44(35-51)53(42,43)37-51/h15-18,42-44H,5-14,19-41H2,1-4H3/b17-15-,18-16-. The molecule has 2 bridgehead atoms. The smallest absolute Gasteiger partial charge is 0.465 e. The second-order valence-corrected chi connectivity index (χ2v) is 19.8. The summed E-state index contributed by atoms with van der Waals surface area (Å²) < 4.78 is 39.1. The fourth-order valence-electron chi connectivity index (χ4n) is 11.0. The maximum absolute atomic E-state index is 13.7. The molecule has 67 heavy (non-hydrogen) atoms. The largest absolute Gasteiger partial charge is 0.508 e. The van der Waals surface area contributed by atoms with Crippen LogP contribution in [0.3, 0.4) is 0 Å². The summed E-state index contributed by atoms with van der Waals surface area (Å²) in [5.41, 5.74) is -1.14. The van der Waals surface area contributed by atoms with Crippen LogP contribution in [0.1, 0.15) is 175 Å². The van der Waals surface area contributed by atoms with E-state index in [9.17, 15) is 28.8 Å². The molecule has 14 nitrogen and oxygen atoms in total. The number of ether oxygens (including phenoxy) is 7. The van der Waals surface area contributed by atoms with Gasteiger partial charge in [-0.3, -0.25) is 24.0 Å². The Morgan fingerprint density at radius 3 is 1.43 bits per heavy atom. The van der Waals surface area contributed by atoms with E-state index in [4.69, 9.17) is 33.2 Å². The molecule has 4 aliphatic carbocycles. The number of carbonyl (C=O) groups excluding carboxylic acids is 6. The zero-order valence-electron chi connectivity index (χ0n) is 41.6. The van der Waals surface area contributed by atoms with Gasteiger partial charge < -0.3 is 38.1 Å². The molecule has 14 heteroatoms. The maximum atomic E-state index is 13.7. The van der Waals surface area contributed by atoms with Gasteiger partial charge in [-0.15, -0.1) is 0 Å². The van der Waals surface area contributed by atoms with Gasteiger partial charge in [0.1, 0.15) is 31.8 Å². The molecular formula is C53H85NO13. The number of esters is 5. The molecule has 4 rings (SSSR count). The van der Waals surface area contributed by atoms with E-state index in [0.29, 0.717) is 36.5 Å². The number of hydrogen-bond donors (Lipinski definition) is 0. The van der Waals surface area contributed by atoms with Crippen LogP contribution >= 0.6 is 0 Å². The third kappa shape index (κ3) is 18.5. The van der Waals surface area contributed by atoms with E-state index in [1.807, 2.05) is 12.2 Å². The lowest BCUT2D eigenvalue weighted by Gasteiger charge is -2.66. The molecule has 0 heterocycles. The second kappa shape index (κ2) is 29.8. The van der Waals surface area contributed by atoms with Crippen LogP contribution in [0, 0.1) is 34.0 Å². The lowest BCUT2D eigenvalue weighted by molar-refractivity contribution is -0.178. The van der Waals surface area contributed by atoms with Gasteiger partial charge in [0.25, 0.3) is 0 Å². The first-order valence-corrected chi connectivity index (χ1v) is 26.0. The monoisotopic (exact) mass is 944 g/mol. The molecule has 0 aromatic rings. The normalized spacial score (nSPS) is 22.3. The van der Waals surface area contributed by atoms with Crippen molar-refractivity contribution < 1.29 is 61.9 Å². The molecule has 4 saturated carbocycles. The highest BCUT2D eigenvalue weighted by atomic mass is 16.7. The highest BCUT2D eigenvalue weighted by molar-refractivity contribution is 5.73. The number of rotatable bonds is 38. The third-order valence-electron chi connectivity index (χ3n) is 14.7. The summed E-state index contributed by atoms with van der Waals surface area (Å²) in [6, 6.07) is 0. The fourth-order valence-corrected chi connectivity index (χ4v) is 11.0. The minimum Gasteiger partial charge on any atom is -0.465 e. The molecule has 0 aliphatic heterocycles. The van der Waals surface area contributed by atoms with Crippen molar-refractivity contribution in [2.45, 2.75) is 175 Å². The lowest BCUT2D eigenvalue weighted by atomic mass is 9.38. The highest BCUT2D eigenvalue weighted by Gasteiger charge is 2.77. The van der Waals surface area contributed by atoms with Crippen LogP contribution in [-0.2, 0) is 57.1 Å². The van der Waals surface area contributed by atoms with Crippen molar-refractivity contribution in [3.05, 3.63) is 24.3 Å². The van der Waals surface area contributed by atoms with Crippen molar-refractivity contribution in [2.24, 2.45) is 34.0 Å². The van der Waals surface area contributed by atoms with Gasteiger partial charge in [-0.05, 0) is 132 Å². The number of carbonyl (C=O) groups is 6. The first kappa shape index (κ1) is 55.7. The number of hydrogen-bond acceptors (Lipinski definition) is 14. The van der Waals surface area contributed by atoms with Crippen molar-refractivity contribution in [1.82, 2.24) is 4.90 Å². The Labute approximate surface area is 401 Å². The van der Waals surface area contributed by atoms with Gasteiger partial charge in [0.2, 0.25) is 0 Å². The summed E-state index contributed by atoms with van der Waals surface area (Å²) in [5, 5.41) is 0. The summed E-state index contributed by atoms with van der Waals surface area (Å²) in [6.07, 6.45) is 24.2. The first-order valence-electron chi connectivity index (χ1n) is 26.0. The molecular weight excluding hydrogens is 859 g/mol. The van der Waals surface area contributed by atoms with Crippen molar-refractivity contribution in [3.8, 4) is 0 Å². The Kier molecular flexibility index (Phi) is 24.8. The van der Waals surface area contributed by atoms with Gasteiger partial charge >= 0.3 is 36.0 Å². The molecule has 0 aromatic heterocycles. The van der Waals surface area contributed by atoms with E-state index in [-0.39, 0.29) is 76.8 Å². The molecule has 0 saturated heterocycles. The van der Waals surface area contributed by atoms with Crippen molar-refractivity contribution >= 4 is 36.0 Å². The van der Waals surface area contributed by atoms with Gasteiger partial charge in [-0.1, -0.05) is 77.7 Å². The van der Waals surface area contributed by atoms with Crippen LogP contribution in [0.15, 0.2) is 24.3 Å². The van der Waals surface area contributed by atoms with E-state index < -0.39 is 61.2 Å². The van der Waals surface area contributed by atoms with Crippen LogP contribution < -0.4 is 0 Å². The molecule has 4 aliphatic rings. The average Bonchev–Trinajstić information content (AvgIpc) is 3.78. The number of allylic oxidation sites excluding steroid dienone is 2. The zero-order valence-corrected chi connectivity index (χ0v) is 41.6. The second-order valence-electron chi connectivity index (χ2n) is 19.8. The SMILES string of the molecule is CCCCC/C=C\CCOC(=O)CCCC(=O)OCC(COC(=O)CCCC(=O)OCC/C=C\CCCCC)(COC(=O)CC12CC3CC4CC(C1)C43C2)COC(=O)OCCCN(CC)CC. The van der Waals surface area contributed by atoms with Crippen LogP contribution in [0.2, 0.25) is 0 Å². The predicted octanol–water partition coefficient (Wildman–Crippen LogP) is 10.2. The molecule has 4 fully saturated rings. The fraction of sp³-hybridized carbons (Fsp3) is 0.811. The van der Waals surface area contributed by atoms with Crippen LogP contribution in [0.5, 0.6) is 0 Å². The zero-order chi connectivity index (χ0) is 48.4. The number of unbranched alkanes of at least 4 members (excludes halogenated alkanes) is 6. The van der Waals surface area contributed by atoms with Gasteiger partial charge in [0.05, 0.1) is 26.2 Å². The summed E-state index contributed by atoms with van der Waals surface area (Å²) >= 11 is 0. The molecule has 1 spiro atoms. The predicted molar refractivity (Wildman–Crippen MR) is 253 cm³/mol. The molecule has 380 valence electrons. The maximum Gasteiger partial charge on any atom is 0.508 e. The average molecular weight is 944 g/mol. The van der Waals surface area contributed by atoms with Gasteiger partial charge in [-0.25, -0.2) is 4.79 Å². The highest BCUT2D eigenvalue weighted by Crippen LogP contribution is 2.85. The molecule has 0 aromatic carbocycles. The number of fused-ring (bicyclic) bond motifs is 1. The topological polar surface area (TPSA) is 170 Å². The molecule has 0 amide bonds. The van der Waals surface area contributed by atoms with E-state index in [1.165, 1.54) is 25.7 Å². The lowest BCUT2D eigenvalue weighted by Crippen LogP contribution is -2.59. The van der Waals surface area contributed by atoms with E-state index in [0.717, 1.165) is 83.3 Å². The summed E-state index contributed by atoms with van der Waals surface area (Å²) in [4.78, 5) is 80.0. The molecule has 0 radical (unpaired) electrons. The minimum absolute atomic E-state index is 0.0219. The molecule has 2 atom stereocenters.